The number of halogens is 4. The maximum Gasteiger partial charge on any atom is 0.251 e. The summed E-state index contributed by atoms with van der Waals surface area (Å²) in [5, 5.41) is 5.92. The van der Waals surface area contributed by atoms with Crippen LogP contribution in [0.3, 0.4) is 0 Å². The van der Waals surface area contributed by atoms with Crippen molar-refractivity contribution in [2.45, 2.75) is 12.8 Å². The van der Waals surface area contributed by atoms with Crippen LogP contribution in [-0.4, -0.2) is 24.9 Å². The summed E-state index contributed by atoms with van der Waals surface area (Å²) in [6, 6.07) is 7.79. The fraction of sp³-hybridized carbons (Fsp3) is 0.222. The van der Waals surface area contributed by atoms with E-state index in [0.29, 0.717) is 35.5 Å². The molecule has 2 N–H and O–H groups in total. The molecule has 0 fully saturated rings. The average Bonchev–Trinajstić information content (AvgIpc) is 2.58. The van der Waals surface area contributed by atoms with Gasteiger partial charge in [-0.25, -0.2) is 8.78 Å². The first kappa shape index (κ1) is 20.1. The van der Waals surface area contributed by atoms with E-state index in [0.717, 1.165) is 17.7 Å². The molecule has 0 aliphatic rings. The lowest BCUT2D eigenvalue weighted by atomic mass is 10.1. The highest BCUT2D eigenvalue weighted by Crippen LogP contribution is 2.23. The molecule has 138 valence electrons. The highest BCUT2D eigenvalue weighted by molar-refractivity contribution is 6.42. The second-order valence-corrected chi connectivity index (χ2v) is 6.36. The molecule has 0 spiro atoms. The van der Waals surface area contributed by atoms with E-state index in [9.17, 15) is 18.4 Å². The Labute approximate surface area is 159 Å². The quantitative estimate of drug-likeness (QED) is 0.695. The predicted molar refractivity (Wildman–Crippen MR) is 96.5 cm³/mol. The Hall–Kier alpha value is -2.18. The lowest BCUT2D eigenvalue weighted by Gasteiger charge is -2.08. The molecule has 0 aromatic heterocycles. The Morgan fingerprint density at radius 1 is 0.923 bits per heavy atom. The molecule has 2 aromatic carbocycles. The van der Waals surface area contributed by atoms with E-state index in [-0.39, 0.29) is 12.1 Å². The molecule has 4 nitrogen and oxygen atoms in total. The minimum absolute atomic E-state index is 0.185. The van der Waals surface area contributed by atoms with E-state index in [2.05, 4.69) is 10.6 Å². The largest absolute Gasteiger partial charge is 0.355 e. The molecule has 0 aliphatic carbocycles. The molecule has 0 saturated heterocycles. The molecule has 2 amide bonds. The van der Waals surface area contributed by atoms with Gasteiger partial charge in [-0.15, -0.1) is 0 Å². The van der Waals surface area contributed by atoms with Crippen LogP contribution in [0.2, 0.25) is 10.0 Å². The summed E-state index contributed by atoms with van der Waals surface area (Å²) in [5.41, 5.74) is 0.810. The standard InChI is InChI=1S/C18H16Cl2F2N2O2/c19-15-4-3-11(6-16(15)20)2-1-5-23-17(25)10-24-18(26)12-7-13(21)9-14(22)8-12/h3-4,6-9H,1-2,5,10H2,(H,23,25)(H,24,26). The van der Waals surface area contributed by atoms with Gasteiger partial charge in [0.2, 0.25) is 5.91 Å². The molecule has 0 atom stereocenters. The fourth-order valence-corrected chi connectivity index (χ4v) is 2.55. The number of benzene rings is 2. The van der Waals surface area contributed by atoms with Crippen molar-refractivity contribution in [3.05, 3.63) is 69.2 Å². The van der Waals surface area contributed by atoms with Crippen LogP contribution in [0.15, 0.2) is 36.4 Å². The SMILES string of the molecule is O=C(CNC(=O)c1cc(F)cc(F)c1)NCCCc1ccc(Cl)c(Cl)c1. The Morgan fingerprint density at radius 2 is 1.62 bits per heavy atom. The van der Waals surface area contributed by atoms with E-state index < -0.39 is 23.4 Å². The van der Waals surface area contributed by atoms with Crippen molar-refractivity contribution < 1.29 is 18.4 Å². The normalized spacial score (nSPS) is 10.5. The lowest BCUT2D eigenvalue weighted by molar-refractivity contribution is -0.120. The van der Waals surface area contributed by atoms with Gasteiger partial charge >= 0.3 is 0 Å². The number of amides is 2. The smallest absolute Gasteiger partial charge is 0.251 e. The second-order valence-electron chi connectivity index (χ2n) is 5.54. The zero-order valence-electron chi connectivity index (χ0n) is 13.6. The topological polar surface area (TPSA) is 58.2 Å². The van der Waals surface area contributed by atoms with Crippen LogP contribution < -0.4 is 10.6 Å². The van der Waals surface area contributed by atoms with Crippen molar-refractivity contribution in [3.8, 4) is 0 Å². The number of aryl methyl sites for hydroxylation is 1. The first-order chi connectivity index (χ1) is 12.3. The minimum atomic E-state index is -0.859. The summed E-state index contributed by atoms with van der Waals surface area (Å²) in [5.74, 6) is -2.84. The summed E-state index contributed by atoms with van der Waals surface area (Å²) in [6.07, 6.45) is 1.37. The Morgan fingerprint density at radius 3 is 2.27 bits per heavy atom. The first-order valence-electron chi connectivity index (χ1n) is 7.80. The molecular weight excluding hydrogens is 385 g/mol. The van der Waals surface area contributed by atoms with E-state index in [1.807, 2.05) is 6.07 Å². The highest BCUT2D eigenvalue weighted by atomic mass is 35.5. The van der Waals surface area contributed by atoms with Crippen LogP contribution in [-0.2, 0) is 11.2 Å². The van der Waals surface area contributed by atoms with Gasteiger partial charge in [-0.05, 0) is 42.7 Å². The summed E-state index contributed by atoms with van der Waals surface area (Å²) < 4.78 is 26.1. The second kappa shape index (κ2) is 9.50. The highest BCUT2D eigenvalue weighted by Gasteiger charge is 2.10. The molecular formula is C18H16Cl2F2N2O2. The number of hydrogen-bond acceptors (Lipinski definition) is 2. The summed E-state index contributed by atoms with van der Waals surface area (Å²) in [7, 11) is 0. The third-order valence-electron chi connectivity index (χ3n) is 3.48. The molecule has 2 rings (SSSR count). The minimum Gasteiger partial charge on any atom is -0.355 e. The van der Waals surface area contributed by atoms with Gasteiger partial charge in [0.1, 0.15) is 11.6 Å². The number of carbonyl (C=O) groups excluding carboxylic acids is 2. The number of hydrogen-bond donors (Lipinski definition) is 2. The monoisotopic (exact) mass is 400 g/mol. The molecule has 0 saturated carbocycles. The third-order valence-corrected chi connectivity index (χ3v) is 4.22. The van der Waals surface area contributed by atoms with Gasteiger partial charge in [0.15, 0.2) is 0 Å². The van der Waals surface area contributed by atoms with E-state index in [4.69, 9.17) is 23.2 Å². The Bertz CT molecular complexity index is 796. The Balaban J connectivity index is 1.70. The van der Waals surface area contributed by atoms with Crippen LogP contribution in [0.1, 0.15) is 22.3 Å². The van der Waals surface area contributed by atoms with Gasteiger partial charge < -0.3 is 10.6 Å². The zero-order chi connectivity index (χ0) is 19.1. The summed E-state index contributed by atoms with van der Waals surface area (Å²) in [6.45, 7) is 0.118. The van der Waals surface area contributed by atoms with Gasteiger partial charge in [-0.1, -0.05) is 29.3 Å². The number of rotatable bonds is 7. The van der Waals surface area contributed by atoms with Gasteiger partial charge in [0, 0.05) is 18.2 Å². The summed E-state index contributed by atoms with van der Waals surface area (Å²) in [4.78, 5) is 23.5. The fourth-order valence-electron chi connectivity index (χ4n) is 2.23. The van der Waals surface area contributed by atoms with Crippen molar-refractivity contribution in [3.63, 3.8) is 0 Å². The summed E-state index contributed by atoms with van der Waals surface area (Å²) >= 11 is 11.8. The van der Waals surface area contributed by atoms with Crippen LogP contribution in [0, 0.1) is 11.6 Å². The van der Waals surface area contributed by atoms with E-state index in [1.54, 1.807) is 12.1 Å². The van der Waals surface area contributed by atoms with Crippen LogP contribution in [0.4, 0.5) is 8.78 Å². The number of carbonyl (C=O) groups is 2. The predicted octanol–water partition coefficient (Wildman–Crippen LogP) is 3.75. The Kier molecular flexibility index (Phi) is 7.36. The maximum absolute atomic E-state index is 13.1. The van der Waals surface area contributed by atoms with Crippen molar-refractivity contribution in [2.75, 3.05) is 13.1 Å². The average molecular weight is 401 g/mol. The molecule has 0 aliphatic heterocycles. The molecule has 26 heavy (non-hydrogen) atoms. The molecule has 2 aromatic rings. The van der Waals surface area contributed by atoms with E-state index in [1.165, 1.54) is 0 Å². The van der Waals surface area contributed by atoms with Crippen molar-refractivity contribution in [2.24, 2.45) is 0 Å². The van der Waals surface area contributed by atoms with E-state index >= 15 is 0 Å². The lowest BCUT2D eigenvalue weighted by Crippen LogP contribution is -2.37. The maximum atomic E-state index is 13.1. The van der Waals surface area contributed by atoms with Crippen molar-refractivity contribution in [1.82, 2.24) is 10.6 Å². The van der Waals surface area contributed by atoms with Crippen LogP contribution in [0.25, 0.3) is 0 Å². The number of nitrogens with one attached hydrogen (secondary N) is 2. The molecule has 0 heterocycles. The van der Waals surface area contributed by atoms with Gasteiger partial charge in [-0.2, -0.15) is 0 Å². The third kappa shape index (κ3) is 6.28. The van der Waals surface area contributed by atoms with Gasteiger partial charge in [-0.3, -0.25) is 9.59 Å². The van der Waals surface area contributed by atoms with Crippen molar-refractivity contribution >= 4 is 35.0 Å². The molecule has 0 unspecified atom stereocenters. The zero-order valence-corrected chi connectivity index (χ0v) is 15.1. The first-order valence-corrected chi connectivity index (χ1v) is 8.55. The van der Waals surface area contributed by atoms with Gasteiger partial charge in [0.05, 0.1) is 16.6 Å². The molecule has 0 bridgehead atoms. The molecule has 8 heteroatoms. The van der Waals surface area contributed by atoms with Gasteiger partial charge in [0.25, 0.3) is 5.91 Å². The molecule has 0 radical (unpaired) electrons. The van der Waals surface area contributed by atoms with Crippen LogP contribution >= 0.6 is 23.2 Å². The van der Waals surface area contributed by atoms with Crippen molar-refractivity contribution in [1.29, 1.82) is 0 Å². The van der Waals surface area contributed by atoms with Crippen LogP contribution in [0.5, 0.6) is 0 Å².